The van der Waals surface area contributed by atoms with Crippen molar-refractivity contribution in [3.8, 4) is 0 Å². The zero-order valence-electron chi connectivity index (χ0n) is 17.3. The lowest BCUT2D eigenvalue weighted by Gasteiger charge is -2.23. The van der Waals surface area contributed by atoms with Crippen molar-refractivity contribution in [2.45, 2.75) is 34.2 Å². The van der Waals surface area contributed by atoms with Gasteiger partial charge in [0.2, 0.25) is 0 Å². The maximum Gasteiger partial charge on any atom is 0.322 e. The number of aromatic amines is 1. The van der Waals surface area contributed by atoms with Crippen LogP contribution in [0.15, 0.2) is 41.2 Å². The van der Waals surface area contributed by atoms with E-state index < -0.39 is 0 Å². The van der Waals surface area contributed by atoms with Gasteiger partial charge in [0.15, 0.2) is 0 Å². The fourth-order valence-corrected chi connectivity index (χ4v) is 3.63. The molecular formula is C23H27N3O3. The van der Waals surface area contributed by atoms with Gasteiger partial charge in [0.05, 0.1) is 18.7 Å². The second-order valence-corrected chi connectivity index (χ2v) is 7.51. The van der Waals surface area contributed by atoms with Gasteiger partial charge in [-0.05, 0) is 61.9 Å². The lowest BCUT2D eigenvalue weighted by Crippen LogP contribution is -2.38. The molecule has 3 aromatic rings. The number of carbonyl (C=O) groups is 1. The third-order valence-electron chi connectivity index (χ3n) is 5.10. The molecule has 0 saturated heterocycles. The predicted octanol–water partition coefficient (Wildman–Crippen LogP) is 3.79. The summed E-state index contributed by atoms with van der Waals surface area (Å²) in [6, 6.07) is 11.3. The number of amides is 2. The maximum atomic E-state index is 12.9. The number of anilines is 1. The highest BCUT2D eigenvalue weighted by Gasteiger charge is 2.17. The Hall–Kier alpha value is -3.12. The number of aryl methyl sites for hydroxylation is 4. The molecule has 0 unspecified atom stereocenters. The number of benzene rings is 2. The lowest BCUT2D eigenvalue weighted by molar-refractivity contribution is 0.185. The number of aliphatic hydroxyl groups is 1. The van der Waals surface area contributed by atoms with Crippen LogP contribution in [-0.2, 0) is 6.54 Å². The number of urea groups is 1. The predicted molar refractivity (Wildman–Crippen MR) is 116 cm³/mol. The molecule has 0 saturated carbocycles. The van der Waals surface area contributed by atoms with Gasteiger partial charge < -0.3 is 20.3 Å². The molecule has 0 fully saturated rings. The molecule has 0 bridgehead atoms. The van der Waals surface area contributed by atoms with E-state index in [9.17, 15) is 14.7 Å². The molecule has 6 heteroatoms. The summed E-state index contributed by atoms with van der Waals surface area (Å²) in [6.45, 7) is 7.87. The van der Waals surface area contributed by atoms with Crippen LogP contribution in [0.4, 0.5) is 10.5 Å². The number of nitrogens with one attached hydrogen (secondary N) is 2. The molecule has 0 aliphatic heterocycles. The van der Waals surface area contributed by atoms with Crippen LogP contribution in [0.2, 0.25) is 0 Å². The number of nitrogens with zero attached hydrogens (tertiary/aromatic N) is 1. The molecule has 1 heterocycles. The number of aliphatic hydroxyl groups excluding tert-OH is 1. The van der Waals surface area contributed by atoms with E-state index >= 15 is 0 Å². The van der Waals surface area contributed by atoms with Crippen molar-refractivity contribution in [2.75, 3.05) is 18.5 Å². The van der Waals surface area contributed by atoms with E-state index in [4.69, 9.17) is 0 Å². The average molecular weight is 393 g/mol. The molecule has 2 aromatic carbocycles. The van der Waals surface area contributed by atoms with Gasteiger partial charge in [0.1, 0.15) is 0 Å². The van der Waals surface area contributed by atoms with Gasteiger partial charge in [-0.15, -0.1) is 0 Å². The zero-order chi connectivity index (χ0) is 21.1. The number of aromatic nitrogens is 1. The molecule has 0 atom stereocenters. The van der Waals surface area contributed by atoms with Crippen LogP contribution in [0, 0.1) is 27.7 Å². The fourth-order valence-electron chi connectivity index (χ4n) is 3.63. The van der Waals surface area contributed by atoms with Crippen LogP contribution in [-0.4, -0.2) is 34.2 Å². The van der Waals surface area contributed by atoms with Gasteiger partial charge in [0.25, 0.3) is 5.56 Å². The summed E-state index contributed by atoms with van der Waals surface area (Å²) in [7, 11) is 0. The quantitative estimate of drug-likeness (QED) is 0.616. The Kier molecular flexibility index (Phi) is 6.03. The number of H-pyrrole nitrogens is 1. The number of hydrogen-bond acceptors (Lipinski definition) is 3. The van der Waals surface area contributed by atoms with Crippen molar-refractivity contribution < 1.29 is 9.90 Å². The molecule has 0 spiro atoms. The maximum absolute atomic E-state index is 12.9. The summed E-state index contributed by atoms with van der Waals surface area (Å²) in [4.78, 5) is 29.9. The number of para-hydroxylation sites is 1. The molecule has 3 rings (SSSR count). The van der Waals surface area contributed by atoms with Gasteiger partial charge >= 0.3 is 6.03 Å². The Morgan fingerprint density at radius 3 is 2.41 bits per heavy atom. The zero-order valence-corrected chi connectivity index (χ0v) is 17.3. The summed E-state index contributed by atoms with van der Waals surface area (Å²) >= 11 is 0. The van der Waals surface area contributed by atoms with Crippen LogP contribution in [0.25, 0.3) is 10.9 Å². The summed E-state index contributed by atoms with van der Waals surface area (Å²) in [5.41, 5.74) is 5.82. The van der Waals surface area contributed by atoms with Crippen molar-refractivity contribution in [3.63, 3.8) is 0 Å². The molecule has 0 aliphatic carbocycles. The molecule has 29 heavy (non-hydrogen) atoms. The highest BCUT2D eigenvalue weighted by atomic mass is 16.3. The minimum Gasteiger partial charge on any atom is -0.395 e. The minimum atomic E-state index is -0.351. The highest BCUT2D eigenvalue weighted by molar-refractivity contribution is 5.91. The van der Waals surface area contributed by atoms with Gasteiger partial charge in [-0.1, -0.05) is 29.8 Å². The van der Waals surface area contributed by atoms with Gasteiger partial charge in [-0.25, -0.2) is 4.79 Å². The Morgan fingerprint density at radius 2 is 1.76 bits per heavy atom. The van der Waals surface area contributed by atoms with Crippen LogP contribution in [0.1, 0.15) is 27.8 Å². The van der Waals surface area contributed by atoms with Crippen LogP contribution in [0.5, 0.6) is 0 Å². The van der Waals surface area contributed by atoms with Crippen molar-refractivity contribution in [1.82, 2.24) is 9.88 Å². The van der Waals surface area contributed by atoms with Crippen LogP contribution in [0.3, 0.4) is 0 Å². The molecule has 0 aliphatic rings. The van der Waals surface area contributed by atoms with E-state index in [1.165, 1.54) is 4.90 Å². The van der Waals surface area contributed by atoms with E-state index in [2.05, 4.69) is 10.3 Å². The van der Waals surface area contributed by atoms with Crippen LogP contribution >= 0.6 is 0 Å². The second kappa shape index (κ2) is 8.49. The first-order valence-corrected chi connectivity index (χ1v) is 9.66. The monoisotopic (exact) mass is 393 g/mol. The normalized spacial score (nSPS) is 10.9. The van der Waals surface area contributed by atoms with Crippen molar-refractivity contribution in [1.29, 1.82) is 0 Å². The molecule has 0 radical (unpaired) electrons. The molecule has 1 aromatic heterocycles. The number of fused-ring (bicyclic) bond motifs is 1. The second-order valence-electron chi connectivity index (χ2n) is 7.51. The van der Waals surface area contributed by atoms with Crippen molar-refractivity contribution in [2.24, 2.45) is 0 Å². The lowest BCUT2D eigenvalue weighted by atomic mass is 10.1. The first kappa shape index (κ1) is 20.6. The average Bonchev–Trinajstić information content (AvgIpc) is 2.65. The Bertz CT molecular complexity index is 1100. The molecule has 3 N–H and O–H groups in total. The minimum absolute atomic E-state index is 0.107. The summed E-state index contributed by atoms with van der Waals surface area (Å²) in [5.74, 6) is 0. The number of carbonyl (C=O) groups excluding carboxylic acids is 1. The Morgan fingerprint density at radius 1 is 1.07 bits per heavy atom. The molecule has 152 valence electrons. The SMILES string of the molecule is Cc1cc(C)c2[nH]c(=O)c(CN(CCO)C(=O)Nc3c(C)cccc3C)cc2c1. The summed E-state index contributed by atoms with van der Waals surface area (Å²) in [6.07, 6.45) is 0. The molecular weight excluding hydrogens is 366 g/mol. The fraction of sp³-hybridized carbons (Fsp3) is 0.304. The third-order valence-corrected chi connectivity index (χ3v) is 5.10. The van der Waals surface area contributed by atoms with Gasteiger partial charge in [0, 0.05) is 17.8 Å². The summed E-state index contributed by atoms with van der Waals surface area (Å²) in [5, 5.41) is 13.3. The Balaban J connectivity index is 1.91. The first-order chi connectivity index (χ1) is 13.8. The number of pyridine rings is 1. The van der Waals surface area contributed by atoms with E-state index in [1.54, 1.807) is 0 Å². The smallest absolute Gasteiger partial charge is 0.322 e. The molecule has 2 amide bonds. The topological polar surface area (TPSA) is 85.4 Å². The largest absolute Gasteiger partial charge is 0.395 e. The van der Waals surface area contributed by atoms with Crippen molar-refractivity contribution >= 4 is 22.6 Å². The van der Waals surface area contributed by atoms with Crippen molar-refractivity contribution in [3.05, 3.63) is 74.6 Å². The number of rotatable bonds is 5. The Labute approximate surface area is 170 Å². The summed E-state index contributed by atoms with van der Waals surface area (Å²) < 4.78 is 0. The third kappa shape index (κ3) is 4.49. The standard InChI is InChI=1S/C23H27N3O3/c1-14-10-17(4)21-18(11-14)12-19(22(28)24-21)13-26(8-9-27)23(29)25-20-15(2)6-5-7-16(20)3/h5-7,10-12,27H,8-9,13H2,1-4H3,(H,24,28)(H,25,29). The van der Waals surface area contributed by atoms with Gasteiger partial charge in [-0.3, -0.25) is 4.79 Å². The van der Waals surface area contributed by atoms with E-state index in [-0.39, 0.29) is 31.3 Å². The van der Waals surface area contributed by atoms with E-state index in [1.807, 2.05) is 64.1 Å². The van der Waals surface area contributed by atoms with E-state index in [0.717, 1.165) is 38.8 Å². The highest BCUT2D eigenvalue weighted by Crippen LogP contribution is 2.21. The van der Waals surface area contributed by atoms with Gasteiger partial charge in [-0.2, -0.15) is 0 Å². The number of hydrogen-bond donors (Lipinski definition) is 3. The molecule has 6 nitrogen and oxygen atoms in total. The van der Waals surface area contributed by atoms with E-state index in [0.29, 0.717) is 5.56 Å². The first-order valence-electron chi connectivity index (χ1n) is 9.66. The van der Waals surface area contributed by atoms with Crippen LogP contribution < -0.4 is 10.9 Å².